The van der Waals surface area contributed by atoms with E-state index in [-0.39, 0.29) is 0 Å². The number of thiophene rings is 1. The normalized spacial score (nSPS) is 13.1. The average Bonchev–Trinajstić information content (AvgIpc) is 2.56. The van der Waals surface area contributed by atoms with E-state index in [1.165, 1.54) is 30.6 Å². The molecule has 0 amide bonds. The van der Waals surface area contributed by atoms with Gasteiger partial charge in [0.2, 0.25) is 0 Å². The van der Waals surface area contributed by atoms with E-state index in [2.05, 4.69) is 33.8 Å². The zero-order valence-electron chi connectivity index (χ0n) is 9.89. The molecule has 0 bridgehead atoms. The molecule has 80 valence electrons. The molecule has 1 heterocycles. The molecular formula is C13H22S. The molecule has 1 aromatic rings. The van der Waals surface area contributed by atoms with Crippen LogP contribution in [0.5, 0.6) is 0 Å². The van der Waals surface area contributed by atoms with Crippen molar-refractivity contribution >= 4 is 11.3 Å². The van der Waals surface area contributed by atoms with Gasteiger partial charge in [0.15, 0.2) is 0 Å². The summed E-state index contributed by atoms with van der Waals surface area (Å²) < 4.78 is 0. The molecule has 0 saturated carbocycles. The second-order valence-electron chi connectivity index (χ2n) is 4.13. The number of unbranched alkanes of at least 4 members (excludes halogenated alkanes) is 1. The van der Waals surface area contributed by atoms with Gasteiger partial charge in [0.05, 0.1) is 0 Å². The van der Waals surface area contributed by atoms with E-state index in [9.17, 15) is 0 Å². The molecule has 0 spiro atoms. The fraction of sp³-hybridized carbons (Fsp3) is 0.692. The lowest BCUT2D eigenvalue weighted by atomic mass is 9.95. The van der Waals surface area contributed by atoms with Crippen LogP contribution in [0.15, 0.2) is 6.07 Å². The Bertz CT molecular complexity index is 273. The molecule has 1 heteroatoms. The summed E-state index contributed by atoms with van der Waals surface area (Å²) in [6.07, 6.45) is 5.22. The first kappa shape index (κ1) is 11.8. The topological polar surface area (TPSA) is 0 Å². The summed E-state index contributed by atoms with van der Waals surface area (Å²) >= 11 is 1.98. The highest BCUT2D eigenvalue weighted by molar-refractivity contribution is 7.12. The van der Waals surface area contributed by atoms with Crippen LogP contribution in [0, 0.1) is 6.92 Å². The first-order chi connectivity index (χ1) is 6.69. The van der Waals surface area contributed by atoms with Crippen LogP contribution >= 0.6 is 11.3 Å². The third-order valence-corrected chi connectivity index (χ3v) is 4.02. The molecule has 0 N–H and O–H groups in total. The summed E-state index contributed by atoms with van der Waals surface area (Å²) in [6.45, 7) is 9.13. The quantitative estimate of drug-likeness (QED) is 0.647. The molecule has 0 fully saturated rings. The molecule has 0 aliphatic carbocycles. The molecule has 14 heavy (non-hydrogen) atoms. The van der Waals surface area contributed by atoms with Gasteiger partial charge in [-0.15, -0.1) is 11.3 Å². The van der Waals surface area contributed by atoms with Crippen LogP contribution in [0.25, 0.3) is 0 Å². The minimum Gasteiger partial charge on any atom is -0.145 e. The number of hydrogen-bond acceptors (Lipinski definition) is 1. The molecule has 0 aliphatic heterocycles. The standard InChI is InChI=1S/C13H22S/c1-5-7-8-10(3)12-9-11(4)14-13(12)6-2/h9-10H,5-8H2,1-4H3/t10-/m1/s1. The molecule has 1 aromatic heterocycles. The van der Waals surface area contributed by atoms with E-state index >= 15 is 0 Å². The van der Waals surface area contributed by atoms with Crippen LogP contribution in [0.3, 0.4) is 0 Å². The van der Waals surface area contributed by atoms with Crippen molar-refractivity contribution in [1.29, 1.82) is 0 Å². The zero-order chi connectivity index (χ0) is 10.6. The molecule has 1 atom stereocenters. The Balaban J connectivity index is 2.72. The Morgan fingerprint density at radius 1 is 1.36 bits per heavy atom. The maximum Gasteiger partial charge on any atom is 0.00800 e. The molecule has 0 radical (unpaired) electrons. The molecule has 0 saturated heterocycles. The van der Waals surface area contributed by atoms with Gasteiger partial charge in [0.25, 0.3) is 0 Å². The van der Waals surface area contributed by atoms with Crippen LogP contribution in [0.4, 0.5) is 0 Å². The predicted molar refractivity (Wildman–Crippen MR) is 66.4 cm³/mol. The van der Waals surface area contributed by atoms with Crippen LogP contribution < -0.4 is 0 Å². The van der Waals surface area contributed by atoms with Gasteiger partial charge in [-0.05, 0) is 37.3 Å². The van der Waals surface area contributed by atoms with Crippen LogP contribution in [0.2, 0.25) is 0 Å². The molecule has 1 rings (SSSR count). The summed E-state index contributed by atoms with van der Waals surface area (Å²) in [6, 6.07) is 2.39. The number of aryl methyl sites for hydroxylation is 2. The van der Waals surface area contributed by atoms with Gasteiger partial charge < -0.3 is 0 Å². The van der Waals surface area contributed by atoms with Gasteiger partial charge in [-0.1, -0.05) is 33.6 Å². The Morgan fingerprint density at radius 3 is 2.64 bits per heavy atom. The van der Waals surface area contributed by atoms with Gasteiger partial charge in [0.1, 0.15) is 0 Å². The van der Waals surface area contributed by atoms with Crippen molar-refractivity contribution in [1.82, 2.24) is 0 Å². The van der Waals surface area contributed by atoms with Gasteiger partial charge in [-0.3, -0.25) is 0 Å². The lowest BCUT2D eigenvalue weighted by molar-refractivity contribution is 0.622. The Hall–Kier alpha value is -0.300. The lowest BCUT2D eigenvalue weighted by Crippen LogP contribution is -1.94. The van der Waals surface area contributed by atoms with Crippen LogP contribution in [-0.2, 0) is 6.42 Å². The second-order valence-corrected chi connectivity index (χ2v) is 5.47. The smallest absolute Gasteiger partial charge is 0.00800 e. The minimum absolute atomic E-state index is 0.759. The van der Waals surface area contributed by atoms with E-state index in [1.807, 2.05) is 11.3 Å². The lowest BCUT2D eigenvalue weighted by Gasteiger charge is -2.10. The van der Waals surface area contributed by atoms with Crippen molar-refractivity contribution in [3.63, 3.8) is 0 Å². The van der Waals surface area contributed by atoms with Crippen molar-refractivity contribution in [3.8, 4) is 0 Å². The Kier molecular flexibility index (Phi) is 4.67. The highest BCUT2D eigenvalue weighted by Gasteiger charge is 2.11. The Morgan fingerprint density at radius 2 is 2.07 bits per heavy atom. The van der Waals surface area contributed by atoms with Crippen LogP contribution in [-0.4, -0.2) is 0 Å². The average molecular weight is 210 g/mol. The SMILES string of the molecule is CCCC[C@@H](C)c1cc(C)sc1CC. The first-order valence-electron chi connectivity index (χ1n) is 5.78. The summed E-state index contributed by atoms with van der Waals surface area (Å²) in [7, 11) is 0. The van der Waals surface area contributed by atoms with E-state index in [4.69, 9.17) is 0 Å². The molecule has 0 aromatic carbocycles. The van der Waals surface area contributed by atoms with Crippen molar-refractivity contribution in [2.45, 2.75) is 59.3 Å². The van der Waals surface area contributed by atoms with E-state index < -0.39 is 0 Å². The summed E-state index contributed by atoms with van der Waals surface area (Å²) in [5.74, 6) is 0.759. The maximum atomic E-state index is 2.39. The van der Waals surface area contributed by atoms with Crippen LogP contribution in [0.1, 0.15) is 61.3 Å². The highest BCUT2D eigenvalue weighted by atomic mass is 32.1. The fourth-order valence-electron chi connectivity index (χ4n) is 1.94. The predicted octanol–water partition coefficient (Wildman–Crippen LogP) is 4.91. The third kappa shape index (κ3) is 2.84. The summed E-state index contributed by atoms with van der Waals surface area (Å²) in [4.78, 5) is 3.08. The van der Waals surface area contributed by atoms with E-state index in [0.29, 0.717) is 0 Å². The van der Waals surface area contributed by atoms with Gasteiger partial charge in [-0.2, -0.15) is 0 Å². The largest absolute Gasteiger partial charge is 0.145 e. The van der Waals surface area contributed by atoms with E-state index in [0.717, 1.165) is 5.92 Å². The fourth-order valence-corrected chi connectivity index (χ4v) is 3.04. The molecule has 0 unspecified atom stereocenters. The van der Waals surface area contributed by atoms with Gasteiger partial charge in [-0.25, -0.2) is 0 Å². The molecule has 0 aliphatic rings. The first-order valence-corrected chi connectivity index (χ1v) is 6.59. The van der Waals surface area contributed by atoms with Crippen molar-refractivity contribution in [2.24, 2.45) is 0 Å². The third-order valence-electron chi connectivity index (χ3n) is 2.81. The molecular weight excluding hydrogens is 188 g/mol. The second kappa shape index (κ2) is 5.55. The van der Waals surface area contributed by atoms with Crippen molar-refractivity contribution in [3.05, 3.63) is 21.4 Å². The number of rotatable bonds is 5. The van der Waals surface area contributed by atoms with Crippen molar-refractivity contribution < 1.29 is 0 Å². The van der Waals surface area contributed by atoms with E-state index in [1.54, 1.807) is 10.4 Å². The monoisotopic (exact) mass is 210 g/mol. The van der Waals surface area contributed by atoms with Crippen molar-refractivity contribution in [2.75, 3.05) is 0 Å². The summed E-state index contributed by atoms with van der Waals surface area (Å²) in [5, 5.41) is 0. The maximum absolute atomic E-state index is 2.39. The summed E-state index contributed by atoms with van der Waals surface area (Å²) in [5.41, 5.74) is 1.61. The Labute approximate surface area is 92.4 Å². The zero-order valence-corrected chi connectivity index (χ0v) is 10.7. The van der Waals surface area contributed by atoms with Gasteiger partial charge >= 0.3 is 0 Å². The minimum atomic E-state index is 0.759. The molecule has 0 nitrogen and oxygen atoms in total. The number of hydrogen-bond donors (Lipinski definition) is 0. The highest BCUT2D eigenvalue weighted by Crippen LogP contribution is 2.31. The van der Waals surface area contributed by atoms with Gasteiger partial charge in [0, 0.05) is 9.75 Å².